The highest BCUT2D eigenvalue weighted by Gasteiger charge is 2.35. The molecule has 0 radical (unpaired) electrons. The van der Waals surface area contributed by atoms with E-state index in [1.54, 1.807) is 24.3 Å². The zero-order chi connectivity index (χ0) is 22.9. The number of hydrogen-bond acceptors (Lipinski definition) is 3. The monoisotopic (exact) mass is 456 g/mol. The lowest BCUT2D eigenvalue weighted by molar-refractivity contribution is -0.123. The van der Waals surface area contributed by atoms with E-state index in [9.17, 15) is 14.0 Å². The van der Waals surface area contributed by atoms with Gasteiger partial charge in [-0.05, 0) is 42.5 Å². The van der Waals surface area contributed by atoms with Crippen LogP contribution in [0, 0.1) is 12.7 Å². The molecule has 0 spiro atoms. The quantitative estimate of drug-likeness (QED) is 0.328. The van der Waals surface area contributed by atoms with E-state index in [1.807, 2.05) is 43.3 Å². The molecule has 0 atom stereocenters. The number of para-hydroxylation sites is 1. The lowest BCUT2D eigenvalue weighted by Crippen LogP contribution is -2.27. The minimum Gasteiger partial charge on any atom is -0.340 e. The molecule has 4 aromatic rings. The third-order valence-electron chi connectivity index (χ3n) is 5.90. The maximum Gasteiger partial charge on any atom is 0.293 e. The van der Waals surface area contributed by atoms with E-state index in [1.165, 1.54) is 11.6 Å². The van der Waals surface area contributed by atoms with Crippen LogP contribution in [0.15, 0.2) is 83.8 Å². The van der Waals surface area contributed by atoms with Gasteiger partial charge in [0.1, 0.15) is 5.82 Å². The van der Waals surface area contributed by atoms with Gasteiger partial charge in [-0.15, -0.1) is 0 Å². The van der Waals surface area contributed by atoms with Gasteiger partial charge in [-0.25, -0.2) is 4.39 Å². The normalized spacial score (nSPS) is 15.2. The molecule has 1 aliphatic rings. The Labute approximate surface area is 195 Å². The van der Waals surface area contributed by atoms with Gasteiger partial charge in [-0.2, -0.15) is 0 Å². The molecular formula is C27H21FN2O2S. The molecule has 4 nitrogen and oxygen atoms in total. The van der Waals surface area contributed by atoms with Crippen LogP contribution in [0.4, 0.5) is 9.18 Å². The molecule has 6 heteroatoms. The highest BCUT2D eigenvalue weighted by molar-refractivity contribution is 8.18. The summed E-state index contributed by atoms with van der Waals surface area (Å²) in [7, 11) is 0. The second-order valence-corrected chi connectivity index (χ2v) is 8.94. The zero-order valence-corrected chi connectivity index (χ0v) is 18.8. The predicted octanol–water partition coefficient (Wildman–Crippen LogP) is 6.37. The first-order valence-corrected chi connectivity index (χ1v) is 11.4. The van der Waals surface area contributed by atoms with Crippen molar-refractivity contribution in [2.45, 2.75) is 20.0 Å². The Hall–Kier alpha value is -3.64. The summed E-state index contributed by atoms with van der Waals surface area (Å²) in [6, 6.07) is 24.4. The van der Waals surface area contributed by atoms with Crippen LogP contribution >= 0.6 is 11.8 Å². The molecule has 1 fully saturated rings. The number of aromatic nitrogens is 1. The molecule has 5 rings (SSSR count). The van der Waals surface area contributed by atoms with Crippen LogP contribution in [0.1, 0.15) is 22.4 Å². The second kappa shape index (κ2) is 8.71. The van der Waals surface area contributed by atoms with Crippen LogP contribution in [0.5, 0.6) is 0 Å². The molecule has 0 saturated carbocycles. The highest BCUT2D eigenvalue weighted by Crippen LogP contribution is 2.36. The second-order valence-electron chi connectivity index (χ2n) is 7.95. The molecule has 2 heterocycles. The number of hydrogen-bond donors (Lipinski definition) is 0. The third kappa shape index (κ3) is 3.98. The lowest BCUT2D eigenvalue weighted by atomic mass is 10.1. The number of nitrogens with zero attached hydrogens (tertiary/aromatic N) is 2. The smallest absolute Gasteiger partial charge is 0.293 e. The van der Waals surface area contributed by atoms with Crippen molar-refractivity contribution in [2.75, 3.05) is 0 Å². The van der Waals surface area contributed by atoms with Gasteiger partial charge in [0.05, 0.1) is 11.4 Å². The van der Waals surface area contributed by atoms with E-state index in [0.29, 0.717) is 17.0 Å². The molecule has 0 unspecified atom stereocenters. The van der Waals surface area contributed by atoms with Crippen molar-refractivity contribution < 1.29 is 14.0 Å². The fourth-order valence-electron chi connectivity index (χ4n) is 4.17. The van der Waals surface area contributed by atoms with Crippen LogP contribution < -0.4 is 0 Å². The summed E-state index contributed by atoms with van der Waals surface area (Å²) in [6.07, 6.45) is 1.80. The van der Waals surface area contributed by atoms with Crippen LogP contribution in [0.3, 0.4) is 0 Å². The van der Waals surface area contributed by atoms with E-state index >= 15 is 0 Å². The molecule has 164 valence electrons. The van der Waals surface area contributed by atoms with E-state index in [2.05, 4.69) is 22.8 Å². The summed E-state index contributed by atoms with van der Waals surface area (Å²) in [4.78, 5) is 27.1. The average molecular weight is 457 g/mol. The Kier molecular flexibility index (Phi) is 5.60. The van der Waals surface area contributed by atoms with Crippen LogP contribution in [-0.2, 0) is 17.9 Å². The summed E-state index contributed by atoms with van der Waals surface area (Å²) in [6.45, 7) is 2.65. The van der Waals surface area contributed by atoms with Crippen molar-refractivity contribution >= 4 is 39.9 Å². The summed E-state index contributed by atoms with van der Waals surface area (Å²) in [5.74, 6) is -0.826. The summed E-state index contributed by atoms with van der Waals surface area (Å²) in [5.41, 5.74) is 4.49. The minimum atomic E-state index is -0.430. The van der Waals surface area contributed by atoms with Gasteiger partial charge in [0.15, 0.2) is 0 Å². The Morgan fingerprint density at radius 3 is 2.36 bits per heavy atom. The highest BCUT2D eigenvalue weighted by atomic mass is 32.2. The van der Waals surface area contributed by atoms with Crippen molar-refractivity contribution in [3.05, 3.63) is 112 Å². The number of rotatable bonds is 5. The van der Waals surface area contributed by atoms with Crippen molar-refractivity contribution in [1.29, 1.82) is 0 Å². The number of amides is 2. The largest absolute Gasteiger partial charge is 0.340 e. The number of thioether (sulfide) groups is 1. The van der Waals surface area contributed by atoms with Gasteiger partial charge in [0.2, 0.25) is 0 Å². The van der Waals surface area contributed by atoms with E-state index in [4.69, 9.17) is 0 Å². The molecule has 1 saturated heterocycles. The maximum absolute atomic E-state index is 14.1. The number of fused-ring (bicyclic) bond motifs is 1. The number of halogens is 1. The van der Waals surface area contributed by atoms with Crippen molar-refractivity contribution in [2.24, 2.45) is 0 Å². The molecule has 0 N–H and O–H groups in total. The molecule has 0 aliphatic carbocycles. The van der Waals surface area contributed by atoms with Crippen molar-refractivity contribution in [3.8, 4) is 0 Å². The first kappa shape index (κ1) is 21.2. The Balaban J connectivity index is 1.52. The van der Waals surface area contributed by atoms with Crippen molar-refractivity contribution in [3.63, 3.8) is 0 Å². The summed E-state index contributed by atoms with van der Waals surface area (Å²) >= 11 is 0.899. The SMILES string of the molecule is Cc1c(/C=C2\SC(=O)N(Cc3ccccc3F)C2=O)c2ccccc2n1Cc1ccccc1. The fourth-order valence-corrected chi connectivity index (χ4v) is 4.99. The van der Waals surface area contributed by atoms with Gasteiger partial charge in [-0.3, -0.25) is 14.5 Å². The standard InChI is InChI=1S/C27H21FN2O2S/c1-18-22(21-12-6-8-14-24(21)29(18)16-19-9-3-2-4-10-19)15-25-26(31)30(27(32)33-25)17-20-11-5-7-13-23(20)28/h2-15H,16-17H2,1H3/b25-15-. The number of carbonyl (C=O) groups is 2. The predicted molar refractivity (Wildman–Crippen MR) is 130 cm³/mol. The lowest BCUT2D eigenvalue weighted by Gasteiger charge is -2.12. The van der Waals surface area contributed by atoms with Crippen molar-refractivity contribution in [1.82, 2.24) is 9.47 Å². The summed E-state index contributed by atoms with van der Waals surface area (Å²) < 4.78 is 16.3. The molecule has 1 aromatic heterocycles. The molecule has 2 amide bonds. The maximum atomic E-state index is 14.1. The first-order chi connectivity index (χ1) is 16.0. The molecule has 33 heavy (non-hydrogen) atoms. The Morgan fingerprint density at radius 2 is 1.58 bits per heavy atom. The third-order valence-corrected chi connectivity index (χ3v) is 6.81. The Morgan fingerprint density at radius 1 is 0.879 bits per heavy atom. The van der Waals surface area contributed by atoms with Gasteiger partial charge in [0, 0.05) is 34.3 Å². The van der Waals surface area contributed by atoms with E-state index < -0.39 is 11.7 Å². The minimum absolute atomic E-state index is 0.0799. The van der Waals surface area contributed by atoms with E-state index in [0.717, 1.165) is 38.8 Å². The fraction of sp³-hybridized carbons (Fsp3) is 0.111. The zero-order valence-electron chi connectivity index (χ0n) is 18.0. The van der Waals surface area contributed by atoms with Crippen LogP contribution in [0.25, 0.3) is 17.0 Å². The van der Waals surface area contributed by atoms with Crippen LogP contribution in [-0.4, -0.2) is 20.6 Å². The summed E-state index contributed by atoms with van der Waals surface area (Å²) in [5, 5.41) is 0.631. The van der Waals surface area contributed by atoms with Gasteiger partial charge in [-0.1, -0.05) is 66.7 Å². The molecular weight excluding hydrogens is 435 g/mol. The number of benzene rings is 3. The first-order valence-electron chi connectivity index (χ1n) is 10.6. The number of imide groups is 1. The molecule has 0 bridgehead atoms. The van der Waals surface area contributed by atoms with Gasteiger partial charge in [0.25, 0.3) is 11.1 Å². The topological polar surface area (TPSA) is 42.3 Å². The Bertz CT molecular complexity index is 1410. The van der Waals surface area contributed by atoms with Gasteiger partial charge < -0.3 is 4.57 Å². The molecule has 1 aliphatic heterocycles. The van der Waals surface area contributed by atoms with Crippen LogP contribution in [0.2, 0.25) is 0 Å². The average Bonchev–Trinajstić information content (AvgIpc) is 3.24. The van der Waals surface area contributed by atoms with E-state index in [-0.39, 0.29) is 11.8 Å². The molecule has 3 aromatic carbocycles. The van der Waals surface area contributed by atoms with Gasteiger partial charge >= 0.3 is 0 Å². The number of carbonyl (C=O) groups excluding carboxylic acids is 2.